The van der Waals surface area contributed by atoms with E-state index in [0.29, 0.717) is 23.3 Å². The van der Waals surface area contributed by atoms with Crippen molar-refractivity contribution in [3.8, 4) is 28.3 Å². The number of nitrogens with zero attached hydrogens (tertiary/aromatic N) is 3. The van der Waals surface area contributed by atoms with Gasteiger partial charge < -0.3 is 4.74 Å². The minimum Gasteiger partial charge on any atom is -0.497 e. The van der Waals surface area contributed by atoms with Crippen LogP contribution in [0.4, 0.5) is 8.78 Å². The lowest BCUT2D eigenvalue weighted by atomic mass is 9.97. The lowest BCUT2D eigenvalue weighted by Gasteiger charge is -2.14. The second-order valence-electron chi connectivity index (χ2n) is 10.1. The summed E-state index contributed by atoms with van der Waals surface area (Å²) < 4.78 is 43.1. The third-order valence-corrected chi connectivity index (χ3v) is 8.70. The van der Waals surface area contributed by atoms with Crippen LogP contribution in [-0.2, 0) is 19.5 Å². The summed E-state index contributed by atoms with van der Waals surface area (Å²) in [7, 11) is 1.49. The number of benzene rings is 3. The molecule has 0 saturated carbocycles. The van der Waals surface area contributed by atoms with E-state index >= 15 is 8.78 Å². The number of rotatable bonds is 9. The topological polar surface area (TPSA) is 129 Å². The molecule has 10 nitrogen and oxygen atoms in total. The van der Waals surface area contributed by atoms with Crippen LogP contribution in [0, 0.1) is 11.6 Å². The quantitative estimate of drug-likeness (QED) is 0.222. The highest BCUT2D eigenvalue weighted by molar-refractivity contribution is 7.18. The molecule has 0 spiro atoms. The van der Waals surface area contributed by atoms with E-state index in [4.69, 9.17) is 4.74 Å². The summed E-state index contributed by atoms with van der Waals surface area (Å²) in [5.41, 5.74) is -0.770. The molecule has 1 N–H and O–H groups in total. The fourth-order valence-electron chi connectivity index (χ4n) is 5.07. The Morgan fingerprint density at radius 2 is 1.67 bits per heavy atom. The lowest BCUT2D eigenvalue weighted by Crippen LogP contribution is -2.41. The van der Waals surface area contributed by atoms with Crippen LogP contribution in [0.25, 0.3) is 32.7 Å². The number of methoxy groups -OCH3 is 1. The highest BCUT2D eigenvalue weighted by atomic mass is 32.1. The van der Waals surface area contributed by atoms with Crippen LogP contribution in [0.5, 0.6) is 5.75 Å². The first kappa shape index (κ1) is 29.6. The first-order valence-electron chi connectivity index (χ1n) is 13.8. The molecular formula is C32H24F2N4O6S. The average molecular weight is 631 g/mol. The molecule has 3 aromatic carbocycles. The van der Waals surface area contributed by atoms with E-state index in [2.05, 4.69) is 14.7 Å². The third kappa shape index (κ3) is 5.53. The molecule has 13 heteroatoms. The predicted molar refractivity (Wildman–Crippen MR) is 164 cm³/mol. The largest absolute Gasteiger partial charge is 0.497 e. The number of carbonyl (C=O) groups excluding carboxylic acids is 1. The zero-order chi connectivity index (χ0) is 31.8. The Balaban J connectivity index is 1.43. The second kappa shape index (κ2) is 11.9. The Kier molecular flexibility index (Phi) is 7.85. The van der Waals surface area contributed by atoms with Crippen molar-refractivity contribution in [2.24, 2.45) is 0 Å². The van der Waals surface area contributed by atoms with E-state index in [9.17, 15) is 19.2 Å². The fraction of sp³-hybridized carbons (Fsp3) is 0.156. The van der Waals surface area contributed by atoms with Crippen LogP contribution in [0.2, 0.25) is 0 Å². The van der Waals surface area contributed by atoms with Gasteiger partial charge in [0.15, 0.2) is 11.6 Å². The lowest BCUT2D eigenvalue weighted by molar-refractivity contribution is 0.0968. The molecule has 45 heavy (non-hydrogen) atoms. The van der Waals surface area contributed by atoms with Gasteiger partial charge in [-0.1, -0.05) is 36.3 Å². The average Bonchev–Trinajstić information content (AvgIpc) is 3.69. The minimum absolute atomic E-state index is 0.0882. The zero-order valence-electron chi connectivity index (χ0n) is 23.9. The number of aryl methyl sites for hydroxylation is 1. The van der Waals surface area contributed by atoms with Crippen molar-refractivity contribution in [1.82, 2.24) is 19.3 Å². The zero-order valence-corrected chi connectivity index (χ0v) is 24.7. The van der Waals surface area contributed by atoms with Crippen LogP contribution < -0.4 is 21.7 Å². The molecule has 0 atom stereocenters. The van der Waals surface area contributed by atoms with Gasteiger partial charge in [-0.3, -0.25) is 28.2 Å². The van der Waals surface area contributed by atoms with Crippen molar-refractivity contribution < 1.29 is 22.8 Å². The van der Waals surface area contributed by atoms with Crippen molar-refractivity contribution >= 4 is 27.3 Å². The van der Waals surface area contributed by atoms with E-state index in [1.54, 1.807) is 42.5 Å². The summed E-state index contributed by atoms with van der Waals surface area (Å²) in [6.45, 7) is 0.776. The van der Waals surface area contributed by atoms with Crippen LogP contribution in [0.1, 0.15) is 27.7 Å². The Bertz CT molecular complexity index is 2240. The molecule has 0 radical (unpaired) electrons. The molecule has 228 valence electrons. The van der Waals surface area contributed by atoms with Gasteiger partial charge in [-0.2, -0.15) is 0 Å². The maximum absolute atomic E-state index is 15.7. The maximum Gasteiger partial charge on any atom is 0.439 e. The van der Waals surface area contributed by atoms with E-state index in [-0.39, 0.29) is 27.2 Å². The van der Waals surface area contributed by atoms with E-state index in [0.717, 1.165) is 26.1 Å². The Labute approximate surface area is 256 Å². The highest BCUT2D eigenvalue weighted by Crippen LogP contribution is 2.32. The summed E-state index contributed by atoms with van der Waals surface area (Å²) in [4.78, 5) is 55.3. The number of ketones is 1. The monoisotopic (exact) mass is 630 g/mol. The molecule has 6 rings (SSSR count). The van der Waals surface area contributed by atoms with Gasteiger partial charge in [-0.25, -0.2) is 18.4 Å². The van der Waals surface area contributed by atoms with Gasteiger partial charge in [0, 0.05) is 21.6 Å². The Morgan fingerprint density at radius 1 is 0.978 bits per heavy atom. The number of hydrogen-bond acceptors (Lipinski definition) is 8. The molecule has 0 fully saturated rings. The molecule has 0 amide bonds. The number of Topliss-reactive ketones (excluding diaryl/α,β-unsaturated/α-hetero) is 1. The van der Waals surface area contributed by atoms with Crippen LogP contribution in [0.3, 0.4) is 0 Å². The van der Waals surface area contributed by atoms with Gasteiger partial charge in [-0.15, -0.1) is 11.3 Å². The molecule has 0 aliphatic carbocycles. The van der Waals surface area contributed by atoms with Crippen molar-refractivity contribution in [3.63, 3.8) is 0 Å². The third-order valence-electron chi connectivity index (χ3n) is 7.40. The van der Waals surface area contributed by atoms with Crippen molar-refractivity contribution in [1.29, 1.82) is 0 Å². The summed E-state index contributed by atoms with van der Waals surface area (Å²) in [6.07, 6.45) is 0.561. The smallest absolute Gasteiger partial charge is 0.439 e. The van der Waals surface area contributed by atoms with Crippen molar-refractivity contribution in [3.05, 3.63) is 126 Å². The van der Waals surface area contributed by atoms with Gasteiger partial charge in [0.1, 0.15) is 22.2 Å². The first-order valence-corrected chi connectivity index (χ1v) is 14.6. The Hall–Kier alpha value is -5.43. The molecule has 0 unspecified atom stereocenters. The van der Waals surface area contributed by atoms with Gasteiger partial charge in [-0.05, 0) is 60.0 Å². The fourth-order valence-corrected chi connectivity index (χ4v) is 6.15. The van der Waals surface area contributed by atoms with Crippen LogP contribution in [-0.4, -0.2) is 32.2 Å². The molecule has 0 aliphatic rings. The standard InChI is InChI=1S/C32H24F2N4O6S/c1-3-20-14-23-29(40)37(16-27(39)17-8-10-19(43-2)11-9-17)32(42)38(30(23)45-20)15-24-25(33)12-18(13-26(24)34)21-6-4-5-7-22(21)28-35-31(41)44-36-28/h4-14H,3,15-16H2,1-2H3,(H,35,36,41). The van der Waals surface area contributed by atoms with Crippen LogP contribution in [0.15, 0.2) is 85.6 Å². The van der Waals surface area contributed by atoms with E-state index in [1.165, 1.54) is 30.6 Å². The maximum atomic E-state index is 15.7. The number of halogens is 2. The predicted octanol–water partition coefficient (Wildman–Crippen LogP) is 5.02. The SMILES string of the molecule is CCc1cc2c(=O)n(CC(=O)c3ccc(OC)cc3)c(=O)n(Cc3c(F)cc(-c4ccccc4-c4noc(=O)[nH]4)cc3F)c2s1. The molecule has 6 aromatic rings. The van der Waals surface area contributed by atoms with Gasteiger partial charge >= 0.3 is 11.4 Å². The minimum atomic E-state index is -0.937. The highest BCUT2D eigenvalue weighted by Gasteiger charge is 2.22. The Morgan fingerprint density at radius 3 is 2.29 bits per heavy atom. The normalized spacial score (nSPS) is 11.3. The molecule has 3 heterocycles. The number of hydrogen-bond donors (Lipinski definition) is 1. The number of carbonyl (C=O) groups is 1. The number of nitrogens with one attached hydrogen (secondary N) is 1. The number of ether oxygens (including phenoxy) is 1. The summed E-state index contributed by atoms with van der Waals surface area (Å²) in [5.74, 6) is -2.53. The number of aromatic amines is 1. The molecular weight excluding hydrogens is 606 g/mol. The number of H-pyrrole nitrogens is 1. The van der Waals surface area contributed by atoms with Gasteiger partial charge in [0.2, 0.25) is 0 Å². The van der Waals surface area contributed by atoms with Crippen molar-refractivity contribution in [2.45, 2.75) is 26.4 Å². The van der Waals surface area contributed by atoms with Crippen molar-refractivity contribution in [2.75, 3.05) is 7.11 Å². The number of thiophene rings is 1. The molecule has 0 bridgehead atoms. The summed E-state index contributed by atoms with van der Waals surface area (Å²) in [6, 6.07) is 16.6. The molecule has 3 aromatic heterocycles. The van der Waals surface area contributed by atoms with E-state index in [1.807, 2.05) is 6.92 Å². The van der Waals surface area contributed by atoms with Gasteiger partial charge in [0.25, 0.3) is 5.56 Å². The molecule has 0 aliphatic heterocycles. The number of fused-ring (bicyclic) bond motifs is 1. The van der Waals surface area contributed by atoms with Crippen LogP contribution >= 0.6 is 11.3 Å². The second-order valence-corrected chi connectivity index (χ2v) is 11.2. The van der Waals surface area contributed by atoms with E-state index < -0.39 is 53.1 Å². The first-order chi connectivity index (χ1) is 21.7. The summed E-state index contributed by atoms with van der Waals surface area (Å²) >= 11 is 1.17. The number of aromatic nitrogens is 4. The molecule has 0 saturated heterocycles. The van der Waals surface area contributed by atoms with Gasteiger partial charge in [0.05, 0.1) is 25.6 Å². The summed E-state index contributed by atoms with van der Waals surface area (Å²) in [5, 5.41) is 3.85.